The first kappa shape index (κ1) is 9.45. The third kappa shape index (κ3) is 1.37. The molecular weight excluding hydrogens is 184 g/mol. The van der Waals surface area contributed by atoms with Crippen molar-refractivity contribution in [3.05, 3.63) is 0 Å². The zero-order valence-corrected chi connectivity index (χ0v) is 8.19. The molecule has 0 aromatic heterocycles. The van der Waals surface area contributed by atoms with Crippen LogP contribution in [-0.2, 0) is 9.47 Å². The second-order valence-electron chi connectivity index (χ2n) is 3.56. The van der Waals surface area contributed by atoms with Gasteiger partial charge in [0.2, 0.25) is 11.8 Å². The van der Waals surface area contributed by atoms with Crippen LogP contribution in [0, 0.1) is 5.41 Å². The summed E-state index contributed by atoms with van der Waals surface area (Å²) < 4.78 is 10.7. The highest BCUT2D eigenvalue weighted by atomic mass is 16.5. The zero-order chi connectivity index (χ0) is 10.0. The van der Waals surface area contributed by atoms with Crippen molar-refractivity contribution in [3.8, 4) is 0 Å². The second-order valence-corrected chi connectivity index (χ2v) is 3.56. The Morgan fingerprint density at radius 1 is 1.21 bits per heavy atom. The van der Waals surface area contributed by atoms with Crippen molar-refractivity contribution in [1.29, 1.82) is 0 Å². The zero-order valence-electron chi connectivity index (χ0n) is 8.19. The summed E-state index contributed by atoms with van der Waals surface area (Å²) >= 11 is 0. The van der Waals surface area contributed by atoms with Gasteiger partial charge in [-0.05, 0) is 6.92 Å². The van der Waals surface area contributed by atoms with Gasteiger partial charge in [-0.1, -0.05) is 0 Å². The summed E-state index contributed by atoms with van der Waals surface area (Å²) in [6, 6.07) is 0. The highest BCUT2D eigenvalue weighted by Gasteiger charge is 2.42. The highest BCUT2D eigenvalue weighted by molar-refractivity contribution is 6.05. The van der Waals surface area contributed by atoms with E-state index < -0.39 is 5.41 Å². The minimum atomic E-state index is -0.688. The topological polar surface area (TPSA) is 63.4 Å². The molecule has 2 heterocycles. The van der Waals surface area contributed by atoms with Crippen LogP contribution in [0.3, 0.4) is 0 Å². The molecule has 0 fully saturated rings. The van der Waals surface area contributed by atoms with E-state index in [9.17, 15) is 5.11 Å². The molecular formula is C9H14N2O3. The number of nitrogens with zero attached hydrogens (tertiary/aromatic N) is 2. The first-order valence-electron chi connectivity index (χ1n) is 4.74. The van der Waals surface area contributed by atoms with Gasteiger partial charge in [0.05, 0.1) is 19.7 Å². The monoisotopic (exact) mass is 198 g/mol. The van der Waals surface area contributed by atoms with Crippen molar-refractivity contribution in [2.75, 3.05) is 32.9 Å². The molecule has 0 atom stereocenters. The molecule has 2 aliphatic heterocycles. The fourth-order valence-corrected chi connectivity index (χ4v) is 1.56. The summed E-state index contributed by atoms with van der Waals surface area (Å²) in [7, 11) is 0. The fraction of sp³-hybridized carbons (Fsp3) is 0.778. The first-order chi connectivity index (χ1) is 6.77. The Labute approximate surface area is 82.5 Å². The Balaban J connectivity index is 2.23. The van der Waals surface area contributed by atoms with E-state index in [1.807, 2.05) is 6.92 Å². The van der Waals surface area contributed by atoms with Crippen LogP contribution in [0.25, 0.3) is 0 Å². The molecule has 2 aliphatic rings. The molecule has 14 heavy (non-hydrogen) atoms. The number of ether oxygens (including phenoxy) is 2. The molecule has 5 heteroatoms. The van der Waals surface area contributed by atoms with E-state index in [-0.39, 0.29) is 6.61 Å². The smallest absolute Gasteiger partial charge is 0.201 e. The van der Waals surface area contributed by atoms with Crippen molar-refractivity contribution in [2.24, 2.45) is 15.4 Å². The number of hydrogen-bond acceptors (Lipinski definition) is 5. The molecule has 0 saturated carbocycles. The number of aliphatic hydroxyl groups is 1. The summed E-state index contributed by atoms with van der Waals surface area (Å²) in [5, 5.41) is 9.38. The molecule has 0 radical (unpaired) electrons. The van der Waals surface area contributed by atoms with E-state index in [0.717, 1.165) is 0 Å². The second kappa shape index (κ2) is 3.57. The predicted molar refractivity (Wildman–Crippen MR) is 51.7 cm³/mol. The molecule has 78 valence electrons. The third-order valence-electron chi connectivity index (χ3n) is 2.43. The number of aliphatic imine (C=N–C) groups is 2. The molecule has 0 spiro atoms. The van der Waals surface area contributed by atoms with E-state index in [0.29, 0.717) is 38.1 Å². The van der Waals surface area contributed by atoms with Crippen LogP contribution in [0.5, 0.6) is 0 Å². The lowest BCUT2D eigenvalue weighted by atomic mass is 9.91. The van der Waals surface area contributed by atoms with Crippen molar-refractivity contribution in [3.63, 3.8) is 0 Å². The summed E-state index contributed by atoms with van der Waals surface area (Å²) in [6.45, 7) is 4.21. The summed E-state index contributed by atoms with van der Waals surface area (Å²) in [4.78, 5) is 8.39. The maximum atomic E-state index is 9.38. The van der Waals surface area contributed by atoms with Gasteiger partial charge in [0.1, 0.15) is 18.6 Å². The highest BCUT2D eigenvalue weighted by Crippen LogP contribution is 2.26. The molecule has 2 rings (SSSR count). The maximum absolute atomic E-state index is 9.38. The third-order valence-corrected chi connectivity index (χ3v) is 2.43. The Morgan fingerprint density at radius 2 is 1.71 bits per heavy atom. The normalized spacial score (nSPS) is 21.3. The van der Waals surface area contributed by atoms with Gasteiger partial charge in [0, 0.05) is 0 Å². The predicted octanol–water partition coefficient (Wildman–Crippen LogP) is -0.158. The minimum Gasteiger partial charge on any atom is -0.478 e. The quantitative estimate of drug-likeness (QED) is 0.685. The number of rotatable bonds is 3. The Bertz CT molecular complexity index is 262. The van der Waals surface area contributed by atoms with E-state index in [1.54, 1.807) is 0 Å². The molecule has 0 bridgehead atoms. The molecule has 0 aliphatic carbocycles. The van der Waals surface area contributed by atoms with Crippen molar-refractivity contribution >= 4 is 11.8 Å². The number of aliphatic hydroxyl groups excluding tert-OH is 1. The summed E-state index contributed by atoms with van der Waals surface area (Å²) in [5.74, 6) is 1.08. The van der Waals surface area contributed by atoms with Crippen molar-refractivity contribution in [2.45, 2.75) is 6.92 Å². The van der Waals surface area contributed by atoms with Crippen LogP contribution in [0.15, 0.2) is 9.98 Å². The molecule has 0 saturated heterocycles. The van der Waals surface area contributed by atoms with Gasteiger partial charge < -0.3 is 14.6 Å². The van der Waals surface area contributed by atoms with Crippen LogP contribution < -0.4 is 0 Å². The first-order valence-corrected chi connectivity index (χ1v) is 4.74. The largest absolute Gasteiger partial charge is 0.478 e. The van der Waals surface area contributed by atoms with Crippen LogP contribution in [0.2, 0.25) is 0 Å². The molecule has 0 unspecified atom stereocenters. The lowest BCUT2D eigenvalue weighted by Gasteiger charge is -2.25. The van der Waals surface area contributed by atoms with Gasteiger partial charge in [-0.3, -0.25) is 9.98 Å². The van der Waals surface area contributed by atoms with Gasteiger partial charge in [-0.25, -0.2) is 0 Å². The Morgan fingerprint density at radius 3 is 2.00 bits per heavy atom. The van der Waals surface area contributed by atoms with Crippen LogP contribution >= 0.6 is 0 Å². The van der Waals surface area contributed by atoms with Crippen LogP contribution in [0.1, 0.15) is 6.92 Å². The Kier molecular flexibility index (Phi) is 2.41. The van der Waals surface area contributed by atoms with Gasteiger partial charge in [0.15, 0.2) is 0 Å². The molecule has 0 aromatic rings. The average Bonchev–Trinajstić information content (AvgIpc) is 2.88. The molecule has 0 amide bonds. The molecule has 1 N–H and O–H groups in total. The van der Waals surface area contributed by atoms with E-state index >= 15 is 0 Å². The summed E-state index contributed by atoms with van der Waals surface area (Å²) in [6.07, 6.45) is 0. The van der Waals surface area contributed by atoms with Crippen LogP contribution in [0.4, 0.5) is 0 Å². The SMILES string of the molecule is CC(CO)(C1=NCCO1)C1=NCCO1. The maximum Gasteiger partial charge on any atom is 0.201 e. The average molecular weight is 198 g/mol. The van der Waals surface area contributed by atoms with Gasteiger partial charge in [0.25, 0.3) is 0 Å². The molecule has 5 nitrogen and oxygen atoms in total. The lowest BCUT2D eigenvalue weighted by Crippen LogP contribution is -2.40. The van der Waals surface area contributed by atoms with E-state index in [2.05, 4.69) is 9.98 Å². The minimum absolute atomic E-state index is 0.0926. The fourth-order valence-electron chi connectivity index (χ4n) is 1.56. The number of hydrogen-bond donors (Lipinski definition) is 1. The summed E-state index contributed by atoms with van der Waals surface area (Å²) in [5.41, 5.74) is -0.688. The van der Waals surface area contributed by atoms with Crippen molar-refractivity contribution < 1.29 is 14.6 Å². The molecule has 0 aromatic carbocycles. The van der Waals surface area contributed by atoms with E-state index in [4.69, 9.17) is 9.47 Å². The van der Waals surface area contributed by atoms with E-state index in [1.165, 1.54) is 0 Å². The van der Waals surface area contributed by atoms with Gasteiger partial charge in [-0.2, -0.15) is 0 Å². The standard InChI is InChI=1S/C9H14N2O3/c1-9(6-12,7-10-2-4-13-7)8-11-3-5-14-8/h12H,2-6H2,1H3. The van der Waals surface area contributed by atoms with Gasteiger partial charge >= 0.3 is 0 Å². The Hall–Kier alpha value is -1.10. The van der Waals surface area contributed by atoms with Crippen molar-refractivity contribution in [1.82, 2.24) is 0 Å². The lowest BCUT2D eigenvalue weighted by molar-refractivity contribution is 0.189. The van der Waals surface area contributed by atoms with Crippen LogP contribution in [-0.4, -0.2) is 49.8 Å². The van der Waals surface area contributed by atoms with Gasteiger partial charge in [-0.15, -0.1) is 0 Å².